The average Bonchev–Trinajstić information content (AvgIpc) is 2.76. The fourth-order valence-electron chi connectivity index (χ4n) is 1.09. The van der Waals surface area contributed by atoms with Crippen molar-refractivity contribution >= 4 is 17.4 Å². The normalized spacial score (nSPS) is 10.3. The van der Waals surface area contributed by atoms with Gasteiger partial charge in [0.1, 0.15) is 11.4 Å². The molecule has 3 N–H and O–H groups in total. The van der Waals surface area contributed by atoms with Crippen molar-refractivity contribution in [3.8, 4) is 5.88 Å². The molecule has 0 radical (unpaired) electrons. The molecule has 0 aliphatic carbocycles. The van der Waals surface area contributed by atoms with E-state index in [-0.39, 0.29) is 0 Å². The summed E-state index contributed by atoms with van der Waals surface area (Å²) in [6, 6.07) is 3.57. The zero-order valence-electron chi connectivity index (χ0n) is 8.67. The Kier molecular flexibility index (Phi) is 3.25. The molecule has 0 bridgehead atoms. The van der Waals surface area contributed by atoms with Crippen molar-refractivity contribution in [1.29, 1.82) is 0 Å². The molecule has 0 aromatic carbocycles. The summed E-state index contributed by atoms with van der Waals surface area (Å²) >= 11 is 1.37. The van der Waals surface area contributed by atoms with E-state index in [4.69, 9.17) is 10.5 Å². The Balaban J connectivity index is 2.19. The van der Waals surface area contributed by atoms with Gasteiger partial charge in [-0.25, -0.2) is 9.97 Å². The van der Waals surface area contributed by atoms with E-state index in [2.05, 4.69) is 20.2 Å². The molecular formula is C9H11N5OS. The lowest BCUT2D eigenvalue weighted by molar-refractivity contribution is 0.326. The third-order valence-electron chi connectivity index (χ3n) is 1.74. The van der Waals surface area contributed by atoms with Crippen molar-refractivity contribution in [2.75, 3.05) is 12.3 Å². The number of rotatable bonds is 4. The molecule has 2 aromatic heterocycles. The van der Waals surface area contributed by atoms with E-state index in [1.54, 1.807) is 6.07 Å². The van der Waals surface area contributed by atoms with Crippen LogP contribution < -0.4 is 10.5 Å². The summed E-state index contributed by atoms with van der Waals surface area (Å²) in [7, 11) is 0. The largest absolute Gasteiger partial charge is 0.476 e. The minimum Gasteiger partial charge on any atom is -0.476 e. The highest BCUT2D eigenvalue weighted by molar-refractivity contribution is 7.99. The van der Waals surface area contributed by atoms with Gasteiger partial charge in [0.05, 0.1) is 12.3 Å². The molecule has 6 nitrogen and oxygen atoms in total. The lowest BCUT2D eigenvalue weighted by atomic mass is 10.4. The standard InChI is InChI=1S/C9H11N5OS/c1-2-15-8-6(10)3-4-7(13-8)16-9-11-5-12-14-9/h3-5H,2,10H2,1H3,(H,11,12,14). The van der Waals surface area contributed by atoms with E-state index in [1.165, 1.54) is 18.1 Å². The molecule has 0 atom stereocenters. The average molecular weight is 237 g/mol. The van der Waals surface area contributed by atoms with Crippen LogP contribution in [0.15, 0.2) is 28.6 Å². The van der Waals surface area contributed by atoms with Gasteiger partial charge in [0, 0.05) is 0 Å². The maximum absolute atomic E-state index is 5.72. The van der Waals surface area contributed by atoms with Gasteiger partial charge in [0.25, 0.3) is 0 Å². The molecule has 7 heteroatoms. The topological polar surface area (TPSA) is 89.7 Å². The van der Waals surface area contributed by atoms with Gasteiger partial charge in [-0.2, -0.15) is 5.10 Å². The minimum absolute atomic E-state index is 0.451. The van der Waals surface area contributed by atoms with Crippen LogP contribution in [0.5, 0.6) is 5.88 Å². The van der Waals surface area contributed by atoms with Gasteiger partial charge >= 0.3 is 0 Å². The zero-order chi connectivity index (χ0) is 11.4. The number of anilines is 1. The molecule has 16 heavy (non-hydrogen) atoms. The number of aromatic nitrogens is 4. The maximum atomic E-state index is 5.72. The highest BCUT2D eigenvalue weighted by Gasteiger charge is 2.06. The van der Waals surface area contributed by atoms with Gasteiger partial charge in [-0.15, -0.1) is 0 Å². The predicted octanol–water partition coefficient (Wildman–Crippen LogP) is 1.33. The van der Waals surface area contributed by atoms with Gasteiger partial charge < -0.3 is 10.5 Å². The number of nitrogens with one attached hydrogen (secondary N) is 1. The number of nitrogens with zero attached hydrogens (tertiary/aromatic N) is 3. The lowest BCUT2D eigenvalue weighted by Gasteiger charge is -2.06. The number of hydrogen-bond donors (Lipinski definition) is 2. The Morgan fingerprint density at radius 1 is 1.50 bits per heavy atom. The number of nitrogens with two attached hydrogens (primary N) is 1. The Morgan fingerprint density at radius 3 is 3.06 bits per heavy atom. The van der Waals surface area contributed by atoms with Crippen molar-refractivity contribution in [3.63, 3.8) is 0 Å². The van der Waals surface area contributed by atoms with E-state index in [1.807, 2.05) is 13.0 Å². The van der Waals surface area contributed by atoms with Crippen LogP contribution in [0, 0.1) is 0 Å². The molecule has 0 aliphatic rings. The second-order valence-corrected chi connectivity index (χ2v) is 3.88. The molecule has 2 heterocycles. The molecule has 0 fully saturated rings. The fourth-order valence-corrected chi connectivity index (χ4v) is 1.75. The third-order valence-corrected chi connectivity index (χ3v) is 2.57. The molecule has 2 rings (SSSR count). The second kappa shape index (κ2) is 4.84. The monoisotopic (exact) mass is 237 g/mol. The Labute approximate surface area is 96.6 Å². The van der Waals surface area contributed by atoms with E-state index in [0.29, 0.717) is 23.3 Å². The SMILES string of the molecule is CCOc1nc(Sc2ncn[nH]2)ccc1N. The Hall–Kier alpha value is -1.76. The third kappa shape index (κ3) is 2.43. The first-order valence-corrected chi connectivity index (χ1v) is 5.53. The van der Waals surface area contributed by atoms with Crippen molar-refractivity contribution in [2.24, 2.45) is 0 Å². The van der Waals surface area contributed by atoms with Gasteiger partial charge in [0.15, 0.2) is 5.16 Å². The van der Waals surface area contributed by atoms with Crippen LogP contribution in [0.1, 0.15) is 6.92 Å². The molecule has 0 unspecified atom stereocenters. The summed E-state index contributed by atoms with van der Waals surface area (Å²) in [5.74, 6) is 0.451. The van der Waals surface area contributed by atoms with Crippen LogP contribution in [0.2, 0.25) is 0 Å². The number of ether oxygens (including phenoxy) is 1. The van der Waals surface area contributed by atoms with Crippen LogP contribution in [-0.2, 0) is 0 Å². The van der Waals surface area contributed by atoms with Crippen LogP contribution in [0.4, 0.5) is 5.69 Å². The minimum atomic E-state index is 0.451. The highest BCUT2D eigenvalue weighted by atomic mass is 32.2. The number of nitrogen functional groups attached to an aromatic ring is 1. The summed E-state index contributed by atoms with van der Waals surface area (Å²) in [5.41, 5.74) is 6.25. The quantitative estimate of drug-likeness (QED) is 0.833. The first kappa shape index (κ1) is 10.7. The molecule has 0 amide bonds. The van der Waals surface area contributed by atoms with Crippen molar-refractivity contribution in [2.45, 2.75) is 17.1 Å². The number of pyridine rings is 1. The van der Waals surface area contributed by atoms with Crippen molar-refractivity contribution < 1.29 is 4.74 Å². The molecular weight excluding hydrogens is 226 g/mol. The Morgan fingerprint density at radius 2 is 2.38 bits per heavy atom. The van der Waals surface area contributed by atoms with Gasteiger partial charge in [-0.3, -0.25) is 5.10 Å². The number of H-pyrrole nitrogens is 1. The Bertz CT molecular complexity index is 459. The summed E-state index contributed by atoms with van der Waals surface area (Å²) in [4.78, 5) is 8.26. The molecule has 2 aromatic rings. The van der Waals surface area contributed by atoms with Crippen LogP contribution >= 0.6 is 11.8 Å². The summed E-state index contributed by atoms with van der Waals surface area (Å²) < 4.78 is 5.30. The highest BCUT2D eigenvalue weighted by Crippen LogP contribution is 2.27. The van der Waals surface area contributed by atoms with Crippen LogP contribution in [0.25, 0.3) is 0 Å². The van der Waals surface area contributed by atoms with E-state index in [9.17, 15) is 0 Å². The van der Waals surface area contributed by atoms with E-state index < -0.39 is 0 Å². The molecule has 0 saturated heterocycles. The number of aromatic amines is 1. The van der Waals surface area contributed by atoms with E-state index in [0.717, 1.165) is 5.03 Å². The molecule has 0 saturated carbocycles. The maximum Gasteiger partial charge on any atom is 0.238 e. The summed E-state index contributed by atoms with van der Waals surface area (Å²) in [5, 5.41) is 7.93. The summed E-state index contributed by atoms with van der Waals surface area (Å²) in [6.07, 6.45) is 1.45. The van der Waals surface area contributed by atoms with Gasteiger partial charge in [0.2, 0.25) is 5.88 Å². The second-order valence-electron chi connectivity index (χ2n) is 2.87. The van der Waals surface area contributed by atoms with E-state index >= 15 is 0 Å². The van der Waals surface area contributed by atoms with Crippen molar-refractivity contribution in [1.82, 2.24) is 20.2 Å². The molecule has 0 aliphatic heterocycles. The van der Waals surface area contributed by atoms with Gasteiger partial charge in [-0.05, 0) is 30.8 Å². The first-order valence-electron chi connectivity index (χ1n) is 4.72. The molecule has 84 valence electrons. The van der Waals surface area contributed by atoms with Crippen molar-refractivity contribution in [3.05, 3.63) is 18.5 Å². The predicted molar refractivity (Wildman–Crippen MR) is 60.3 cm³/mol. The number of hydrogen-bond acceptors (Lipinski definition) is 6. The van der Waals surface area contributed by atoms with Crippen LogP contribution in [-0.4, -0.2) is 26.8 Å². The van der Waals surface area contributed by atoms with Crippen LogP contribution in [0.3, 0.4) is 0 Å². The van der Waals surface area contributed by atoms with Gasteiger partial charge in [-0.1, -0.05) is 0 Å². The molecule has 0 spiro atoms. The lowest BCUT2D eigenvalue weighted by Crippen LogP contribution is -1.99. The fraction of sp³-hybridized carbons (Fsp3) is 0.222. The summed E-state index contributed by atoms with van der Waals surface area (Å²) in [6.45, 7) is 2.42. The first-order chi connectivity index (χ1) is 7.79. The smallest absolute Gasteiger partial charge is 0.238 e. The zero-order valence-corrected chi connectivity index (χ0v) is 9.49.